The maximum Gasteiger partial charge on any atom is 0.0388 e. The summed E-state index contributed by atoms with van der Waals surface area (Å²) in [6.07, 6.45) is 2.14. The minimum atomic E-state index is 0.205. The molecule has 3 N–H and O–H groups in total. The van der Waals surface area contributed by atoms with Gasteiger partial charge in [0.25, 0.3) is 0 Å². The summed E-state index contributed by atoms with van der Waals surface area (Å²) in [6, 6.07) is 6.87. The van der Waals surface area contributed by atoms with Gasteiger partial charge in [-0.2, -0.15) is 0 Å². The molecule has 1 aliphatic rings. The largest absolute Gasteiger partial charge is 0.385 e. The van der Waals surface area contributed by atoms with Crippen LogP contribution in [0.3, 0.4) is 0 Å². The first kappa shape index (κ1) is 11.5. The van der Waals surface area contributed by atoms with E-state index in [0.717, 1.165) is 19.4 Å². The van der Waals surface area contributed by atoms with Crippen LogP contribution in [0.2, 0.25) is 0 Å². The zero-order chi connectivity index (χ0) is 11.8. The average molecular weight is 218 g/mol. The topological polar surface area (TPSA) is 38.0 Å². The van der Waals surface area contributed by atoms with Gasteiger partial charge in [0, 0.05) is 18.3 Å². The van der Waals surface area contributed by atoms with Crippen molar-refractivity contribution < 1.29 is 0 Å². The Hall–Kier alpha value is -1.02. The van der Waals surface area contributed by atoms with Crippen LogP contribution in [-0.4, -0.2) is 6.54 Å². The molecule has 88 valence electrons. The van der Waals surface area contributed by atoms with E-state index < -0.39 is 0 Å². The van der Waals surface area contributed by atoms with Gasteiger partial charge in [0.05, 0.1) is 0 Å². The molecule has 0 amide bonds. The molecule has 0 fully saturated rings. The minimum absolute atomic E-state index is 0.205. The van der Waals surface area contributed by atoms with Gasteiger partial charge in [-0.3, -0.25) is 0 Å². The maximum absolute atomic E-state index is 6.14. The van der Waals surface area contributed by atoms with E-state index in [2.05, 4.69) is 44.3 Å². The summed E-state index contributed by atoms with van der Waals surface area (Å²) in [7, 11) is 0. The predicted molar refractivity (Wildman–Crippen MR) is 69.6 cm³/mol. The first-order chi connectivity index (χ1) is 7.46. The van der Waals surface area contributed by atoms with Crippen LogP contribution in [0.15, 0.2) is 18.2 Å². The summed E-state index contributed by atoms with van der Waals surface area (Å²) in [6.45, 7) is 7.80. The fourth-order valence-corrected chi connectivity index (χ4v) is 2.32. The Kier molecular flexibility index (Phi) is 2.94. The van der Waals surface area contributed by atoms with Gasteiger partial charge >= 0.3 is 0 Å². The van der Waals surface area contributed by atoms with E-state index in [1.54, 1.807) is 0 Å². The maximum atomic E-state index is 6.14. The minimum Gasteiger partial charge on any atom is -0.385 e. The van der Waals surface area contributed by atoms with Crippen LogP contribution in [0, 0.1) is 5.41 Å². The Bertz CT molecular complexity index is 377. The molecule has 1 aliphatic heterocycles. The summed E-state index contributed by atoms with van der Waals surface area (Å²) in [5.74, 6) is 0. The second-order valence-electron chi connectivity index (χ2n) is 5.98. The highest BCUT2D eigenvalue weighted by Gasteiger charge is 2.18. The molecule has 0 spiro atoms. The lowest BCUT2D eigenvalue weighted by Gasteiger charge is -2.26. The van der Waals surface area contributed by atoms with Crippen LogP contribution in [0.25, 0.3) is 0 Å². The van der Waals surface area contributed by atoms with Gasteiger partial charge in [-0.05, 0) is 35.4 Å². The highest BCUT2D eigenvalue weighted by molar-refractivity contribution is 5.56. The molecule has 1 heterocycles. The van der Waals surface area contributed by atoms with E-state index in [1.807, 2.05) is 0 Å². The summed E-state index contributed by atoms with van der Waals surface area (Å²) in [5.41, 5.74) is 10.4. The second kappa shape index (κ2) is 4.10. The number of hydrogen-bond acceptors (Lipinski definition) is 2. The molecule has 1 aromatic rings. The van der Waals surface area contributed by atoms with E-state index in [0.29, 0.717) is 5.41 Å². The van der Waals surface area contributed by atoms with Crippen molar-refractivity contribution in [3.8, 4) is 0 Å². The van der Waals surface area contributed by atoms with E-state index >= 15 is 0 Å². The summed E-state index contributed by atoms with van der Waals surface area (Å²) >= 11 is 0. The van der Waals surface area contributed by atoms with Gasteiger partial charge in [-0.25, -0.2) is 0 Å². The fourth-order valence-electron chi connectivity index (χ4n) is 2.32. The number of nitrogens with one attached hydrogen (secondary N) is 1. The summed E-state index contributed by atoms with van der Waals surface area (Å²) in [5, 5.41) is 3.40. The molecule has 0 radical (unpaired) electrons. The molecule has 1 aromatic carbocycles. The van der Waals surface area contributed by atoms with Gasteiger partial charge in [0.15, 0.2) is 0 Å². The third kappa shape index (κ3) is 2.56. The molecular formula is C14H22N2. The van der Waals surface area contributed by atoms with Crippen molar-refractivity contribution in [2.75, 3.05) is 11.9 Å². The molecular weight excluding hydrogens is 196 g/mol. The first-order valence-electron chi connectivity index (χ1n) is 6.08. The third-order valence-electron chi connectivity index (χ3n) is 3.02. The molecule has 2 rings (SSSR count). The molecule has 0 saturated heterocycles. The summed E-state index contributed by atoms with van der Waals surface area (Å²) in [4.78, 5) is 0. The van der Waals surface area contributed by atoms with Gasteiger partial charge < -0.3 is 11.1 Å². The van der Waals surface area contributed by atoms with Crippen LogP contribution >= 0.6 is 0 Å². The van der Waals surface area contributed by atoms with Gasteiger partial charge in [0.2, 0.25) is 0 Å². The lowest BCUT2D eigenvalue weighted by Crippen LogP contribution is -2.23. The molecule has 0 aliphatic carbocycles. The fraction of sp³-hybridized carbons (Fsp3) is 0.571. The van der Waals surface area contributed by atoms with E-state index in [-0.39, 0.29) is 6.04 Å². The molecule has 1 unspecified atom stereocenters. The predicted octanol–water partition coefficient (Wildman–Crippen LogP) is 3.09. The smallest absolute Gasteiger partial charge is 0.0388 e. The second-order valence-corrected chi connectivity index (χ2v) is 5.98. The molecule has 2 nitrogen and oxygen atoms in total. The van der Waals surface area contributed by atoms with Crippen LogP contribution in [0.4, 0.5) is 5.69 Å². The van der Waals surface area contributed by atoms with Crippen molar-refractivity contribution in [1.29, 1.82) is 0 Å². The van der Waals surface area contributed by atoms with Crippen molar-refractivity contribution in [3.05, 3.63) is 29.3 Å². The third-order valence-corrected chi connectivity index (χ3v) is 3.02. The lowest BCUT2D eigenvalue weighted by molar-refractivity contribution is 0.411. The van der Waals surface area contributed by atoms with Crippen molar-refractivity contribution in [2.45, 2.75) is 39.7 Å². The van der Waals surface area contributed by atoms with Crippen molar-refractivity contribution in [1.82, 2.24) is 0 Å². The Balaban J connectivity index is 2.27. The van der Waals surface area contributed by atoms with Crippen LogP contribution in [0.1, 0.15) is 44.4 Å². The van der Waals surface area contributed by atoms with Crippen molar-refractivity contribution >= 4 is 5.69 Å². The lowest BCUT2D eigenvalue weighted by atomic mass is 9.86. The van der Waals surface area contributed by atoms with Crippen molar-refractivity contribution in [2.24, 2.45) is 11.1 Å². The molecule has 2 heteroatoms. The number of nitrogens with two attached hydrogens (primary N) is 1. The highest BCUT2D eigenvalue weighted by atomic mass is 14.9. The monoisotopic (exact) mass is 218 g/mol. The molecule has 0 saturated carbocycles. The van der Waals surface area contributed by atoms with E-state index in [4.69, 9.17) is 5.73 Å². The zero-order valence-electron chi connectivity index (χ0n) is 10.5. The van der Waals surface area contributed by atoms with Gasteiger partial charge in [-0.1, -0.05) is 32.9 Å². The van der Waals surface area contributed by atoms with Crippen LogP contribution in [-0.2, 0) is 6.42 Å². The normalized spacial score (nSPS) is 20.1. The van der Waals surface area contributed by atoms with E-state index in [1.165, 1.54) is 16.8 Å². The number of fused-ring (bicyclic) bond motifs is 1. The molecule has 1 atom stereocenters. The number of hydrogen-bond donors (Lipinski definition) is 2. The Morgan fingerprint density at radius 2 is 2.12 bits per heavy atom. The first-order valence-corrected chi connectivity index (χ1v) is 6.08. The van der Waals surface area contributed by atoms with Crippen LogP contribution < -0.4 is 11.1 Å². The molecule has 0 aromatic heterocycles. The Morgan fingerprint density at radius 1 is 1.38 bits per heavy atom. The van der Waals surface area contributed by atoms with Crippen LogP contribution in [0.5, 0.6) is 0 Å². The number of anilines is 1. The standard InChI is InChI=1S/C14H22N2/c1-14(2,3)9-10-4-5-13-11(8-10)12(15)6-7-16-13/h4-5,8,12,16H,6-7,9,15H2,1-3H3. The summed E-state index contributed by atoms with van der Waals surface area (Å²) < 4.78 is 0. The highest BCUT2D eigenvalue weighted by Crippen LogP contribution is 2.30. The SMILES string of the molecule is CC(C)(C)Cc1ccc2c(c1)C(N)CCN2. The Labute approximate surface area is 98.2 Å². The average Bonchev–Trinajstić information content (AvgIpc) is 2.17. The molecule has 16 heavy (non-hydrogen) atoms. The van der Waals surface area contributed by atoms with Gasteiger partial charge in [-0.15, -0.1) is 0 Å². The van der Waals surface area contributed by atoms with Crippen molar-refractivity contribution in [3.63, 3.8) is 0 Å². The zero-order valence-corrected chi connectivity index (χ0v) is 10.5. The number of benzene rings is 1. The van der Waals surface area contributed by atoms with E-state index in [9.17, 15) is 0 Å². The quantitative estimate of drug-likeness (QED) is 0.760. The Morgan fingerprint density at radius 3 is 2.81 bits per heavy atom. The van der Waals surface area contributed by atoms with Gasteiger partial charge in [0.1, 0.15) is 0 Å². The number of rotatable bonds is 1. The molecule has 0 bridgehead atoms.